The van der Waals surface area contributed by atoms with Gasteiger partial charge in [-0.25, -0.2) is 5.06 Å². The summed E-state index contributed by atoms with van der Waals surface area (Å²) in [5.74, 6) is -1.08. The van der Waals surface area contributed by atoms with Crippen LogP contribution in [0.25, 0.3) is 22.1 Å². The van der Waals surface area contributed by atoms with Gasteiger partial charge in [-0.2, -0.15) is 0 Å². The number of rotatable bonds is 17. The average Bonchev–Trinajstić information content (AvgIpc) is 3.60. The topological polar surface area (TPSA) is 157 Å². The summed E-state index contributed by atoms with van der Waals surface area (Å²) in [6, 6.07) is 21.1. The molecule has 250 valence electrons. The van der Waals surface area contributed by atoms with Crippen molar-refractivity contribution in [3.05, 3.63) is 84.1 Å². The summed E-state index contributed by atoms with van der Waals surface area (Å²) in [5, 5.41) is 18.5. The monoisotopic (exact) mass is 665 g/mol. The molecule has 0 spiro atoms. The Bertz CT molecular complexity index is 1730. The summed E-state index contributed by atoms with van der Waals surface area (Å²) < 4.78 is 34.7. The van der Waals surface area contributed by atoms with Gasteiger partial charge in [0.2, 0.25) is 12.3 Å². The van der Waals surface area contributed by atoms with Crippen LogP contribution < -0.4 is 20.7 Å². The minimum Gasteiger partial charge on any atom is -0.494 e. The fourth-order valence-corrected chi connectivity index (χ4v) is 6.57. The number of benzene rings is 3. The molecule has 0 aliphatic heterocycles. The van der Waals surface area contributed by atoms with E-state index < -0.39 is 31.4 Å². The SMILES string of the molecule is CCOc1cc(-c2ccc(C(=O)NCNC(=O)[C@H](CCc3ccc4ccccc4c3)[C@@H](CC)N(O)C=O)o2)cc(P(=O)(OC)OC)c1. The molecule has 4 aromatic rings. The lowest BCUT2D eigenvalue weighted by Gasteiger charge is -2.29. The molecule has 3 amide bonds. The first-order chi connectivity index (χ1) is 22.7. The molecule has 0 unspecified atom stereocenters. The minimum absolute atomic E-state index is 0.0268. The number of nitrogens with zero attached hydrogens (tertiary/aromatic N) is 1. The van der Waals surface area contributed by atoms with E-state index in [1.54, 1.807) is 31.2 Å². The number of fused-ring (bicyclic) bond motifs is 1. The van der Waals surface area contributed by atoms with Crippen molar-refractivity contribution in [1.29, 1.82) is 0 Å². The second-order valence-electron chi connectivity index (χ2n) is 10.7. The normalized spacial score (nSPS) is 12.7. The maximum Gasteiger partial charge on any atom is 0.360 e. The number of amides is 3. The highest BCUT2D eigenvalue weighted by atomic mass is 31.2. The van der Waals surface area contributed by atoms with Crippen LogP contribution in [0.5, 0.6) is 5.75 Å². The van der Waals surface area contributed by atoms with Gasteiger partial charge < -0.3 is 28.8 Å². The first-order valence-corrected chi connectivity index (χ1v) is 16.8. The Labute approximate surface area is 273 Å². The summed E-state index contributed by atoms with van der Waals surface area (Å²) >= 11 is 0. The third-order valence-electron chi connectivity index (χ3n) is 7.85. The van der Waals surface area contributed by atoms with Crippen molar-refractivity contribution >= 4 is 41.9 Å². The van der Waals surface area contributed by atoms with E-state index in [0.29, 0.717) is 48.0 Å². The Kier molecular flexibility index (Phi) is 12.3. The molecular weight excluding hydrogens is 625 g/mol. The van der Waals surface area contributed by atoms with Crippen LogP contribution in [-0.4, -0.2) is 62.0 Å². The van der Waals surface area contributed by atoms with Gasteiger partial charge in [0.15, 0.2) is 5.76 Å². The molecule has 47 heavy (non-hydrogen) atoms. The van der Waals surface area contributed by atoms with Gasteiger partial charge in [-0.3, -0.25) is 24.2 Å². The van der Waals surface area contributed by atoms with Gasteiger partial charge in [0.1, 0.15) is 11.5 Å². The van der Waals surface area contributed by atoms with E-state index >= 15 is 0 Å². The number of hydrogen-bond donors (Lipinski definition) is 3. The van der Waals surface area contributed by atoms with E-state index in [1.165, 1.54) is 20.3 Å². The lowest BCUT2D eigenvalue weighted by molar-refractivity contribution is -0.168. The number of ether oxygens (including phenoxy) is 1. The minimum atomic E-state index is -3.61. The highest BCUT2D eigenvalue weighted by Crippen LogP contribution is 2.46. The molecule has 1 heterocycles. The summed E-state index contributed by atoms with van der Waals surface area (Å²) in [6.07, 6.45) is 1.51. The van der Waals surface area contributed by atoms with Crippen LogP contribution >= 0.6 is 7.60 Å². The molecule has 0 radical (unpaired) electrons. The zero-order valence-electron chi connectivity index (χ0n) is 26.8. The molecular formula is C34H40N3O9P. The van der Waals surface area contributed by atoms with Gasteiger partial charge in [0, 0.05) is 19.8 Å². The Hall–Kier alpha value is -4.48. The van der Waals surface area contributed by atoms with Crippen molar-refractivity contribution in [1.82, 2.24) is 15.7 Å². The summed E-state index contributed by atoms with van der Waals surface area (Å²) in [5.41, 5.74) is 1.50. The van der Waals surface area contributed by atoms with Gasteiger partial charge >= 0.3 is 7.60 Å². The number of hydrogen-bond acceptors (Lipinski definition) is 9. The van der Waals surface area contributed by atoms with Crippen LogP contribution in [0.4, 0.5) is 0 Å². The maximum absolute atomic E-state index is 13.4. The molecule has 12 nitrogen and oxygen atoms in total. The van der Waals surface area contributed by atoms with Crippen LogP contribution in [0.3, 0.4) is 0 Å². The summed E-state index contributed by atoms with van der Waals surface area (Å²) in [4.78, 5) is 37.7. The quantitative estimate of drug-likeness (QED) is 0.0449. The molecule has 13 heteroatoms. The van der Waals surface area contributed by atoms with Crippen LogP contribution in [0.1, 0.15) is 42.8 Å². The van der Waals surface area contributed by atoms with Crippen molar-refractivity contribution in [2.45, 2.75) is 39.2 Å². The second kappa shape index (κ2) is 16.4. The van der Waals surface area contributed by atoms with Crippen LogP contribution in [0.2, 0.25) is 0 Å². The molecule has 2 atom stereocenters. The Morgan fingerprint density at radius 3 is 2.40 bits per heavy atom. The van der Waals surface area contributed by atoms with Crippen molar-refractivity contribution in [2.75, 3.05) is 27.5 Å². The molecule has 0 saturated heterocycles. The van der Waals surface area contributed by atoms with Crippen LogP contribution in [0.15, 0.2) is 77.2 Å². The third-order valence-corrected chi connectivity index (χ3v) is 9.70. The number of nitrogens with one attached hydrogen (secondary N) is 2. The predicted octanol–water partition coefficient (Wildman–Crippen LogP) is 5.29. The first-order valence-electron chi connectivity index (χ1n) is 15.2. The molecule has 1 aromatic heterocycles. The molecule has 0 aliphatic carbocycles. The highest BCUT2D eigenvalue weighted by molar-refractivity contribution is 7.62. The van der Waals surface area contributed by atoms with Crippen LogP contribution in [0, 0.1) is 5.92 Å². The standard InChI is InChI=1S/C34H40N3O9P/c1-5-30(37(41)22-38)29(14-12-23-11-13-24-9-7-8-10-25(24)17-23)33(39)35-21-36-34(40)32-16-15-31(46-32)26-18-27(45-6-2)20-28(19-26)47(42,43-3)44-4/h7-11,13,15-20,22,29-30,41H,5-6,12,14,21H2,1-4H3,(H,35,39)(H,36,40)/t29-,30-/m1/s1. The second-order valence-corrected chi connectivity index (χ2v) is 12.9. The fourth-order valence-electron chi connectivity index (χ4n) is 5.41. The molecule has 0 bridgehead atoms. The number of carbonyl (C=O) groups is 3. The van der Waals surface area contributed by atoms with Gasteiger partial charge in [-0.15, -0.1) is 0 Å². The number of hydroxylamine groups is 2. The van der Waals surface area contributed by atoms with Gasteiger partial charge in [-0.1, -0.05) is 49.4 Å². The Balaban J connectivity index is 1.43. The predicted molar refractivity (Wildman–Crippen MR) is 177 cm³/mol. The molecule has 0 aliphatic rings. The molecule has 4 rings (SSSR count). The van der Waals surface area contributed by atoms with E-state index in [4.69, 9.17) is 18.2 Å². The molecule has 3 aromatic carbocycles. The first kappa shape index (κ1) is 35.4. The van der Waals surface area contributed by atoms with E-state index in [1.807, 2.05) is 43.3 Å². The molecule has 0 saturated carbocycles. The zero-order chi connectivity index (χ0) is 34.0. The van der Waals surface area contributed by atoms with Crippen LogP contribution in [-0.2, 0) is 29.6 Å². The van der Waals surface area contributed by atoms with Crippen molar-refractivity contribution < 1.29 is 42.4 Å². The summed E-state index contributed by atoms with van der Waals surface area (Å²) in [7, 11) is -1.04. The lowest BCUT2D eigenvalue weighted by Crippen LogP contribution is -2.47. The van der Waals surface area contributed by atoms with Gasteiger partial charge in [-0.05, 0) is 72.9 Å². The molecule has 3 N–H and O–H groups in total. The average molecular weight is 666 g/mol. The lowest BCUT2D eigenvalue weighted by atomic mass is 9.89. The van der Waals surface area contributed by atoms with Gasteiger partial charge in [0.25, 0.3) is 5.91 Å². The zero-order valence-corrected chi connectivity index (χ0v) is 27.7. The number of aryl methyl sites for hydroxylation is 1. The number of carbonyl (C=O) groups excluding carboxylic acids is 3. The third kappa shape index (κ3) is 8.66. The largest absolute Gasteiger partial charge is 0.494 e. The smallest absolute Gasteiger partial charge is 0.360 e. The highest BCUT2D eigenvalue weighted by Gasteiger charge is 2.31. The Morgan fingerprint density at radius 1 is 0.979 bits per heavy atom. The molecule has 0 fully saturated rings. The Morgan fingerprint density at radius 2 is 1.72 bits per heavy atom. The van der Waals surface area contributed by atoms with Crippen molar-refractivity contribution in [3.8, 4) is 17.1 Å². The van der Waals surface area contributed by atoms with E-state index in [2.05, 4.69) is 16.7 Å². The maximum atomic E-state index is 13.4. The van der Waals surface area contributed by atoms with Crippen molar-refractivity contribution in [3.63, 3.8) is 0 Å². The van der Waals surface area contributed by atoms with E-state index in [0.717, 1.165) is 16.3 Å². The van der Waals surface area contributed by atoms with E-state index in [-0.39, 0.29) is 24.1 Å². The van der Waals surface area contributed by atoms with Crippen molar-refractivity contribution in [2.24, 2.45) is 5.92 Å². The fraction of sp³-hybridized carbons (Fsp3) is 0.324. The number of furan rings is 1. The van der Waals surface area contributed by atoms with Gasteiger partial charge in [0.05, 0.1) is 30.5 Å². The summed E-state index contributed by atoms with van der Waals surface area (Å²) in [6.45, 7) is 3.72. The van der Waals surface area contributed by atoms with E-state index in [9.17, 15) is 24.2 Å².